The number of carbonyl (C=O) groups excluding carboxylic acids is 2. The SMILES string of the molecule is Cc1cc(C)cc(C(=O)N[C@H](Cc2ccc(B3OC(C)(C)C(C)(C)O3)cc2)C(N)=O)c1. The number of hydrogen-bond acceptors (Lipinski definition) is 4. The number of hydrogen-bond donors (Lipinski definition) is 2. The van der Waals surface area contributed by atoms with E-state index in [4.69, 9.17) is 15.0 Å². The van der Waals surface area contributed by atoms with Crippen molar-refractivity contribution in [2.75, 3.05) is 0 Å². The predicted molar refractivity (Wildman–Crippen MR) is 122 cm³/mol. The van der Waals surface area contributed by atoms with Crippen LogP contribution in [-0.2, 0) is 20.5 Å². The molecular weight excluding hydrogens is 391 g/mol. The maximum Gasteiger partial charge on any atom is 0.494 e. The molecule has 0 unspecified atom stereocenters. The van der Waals surface area contributed by atoms with Crippen molar-refractivity contribution in [3.63, 3.8) is 0 Å². The van der Waals surface area contributed by atoms with E-state index in [1.807, 2.05) is 71.9 Å². The van der Waals surface area contributed by atoms with Gasteiger partial charge in [0.1, 0.15) is 6.04 Å². The van der Waals surface area contributed by atoms with Crippen LogP contribution >= 0.6 is 0 Å². The van der Waals surface area contributed by atoms with Crippen molar-refractivity contribution < 1.29 is 18.9 Å². The zero-order valence-electron chi connectivity index (χ0n) is 19.1. The van der Waals surface area contributed by atoms with Crippen LogP contribution in [0.25, 0.3) is 0 Å². The van der Waals surface area contributed by atoms with Crippen LogP contribution in [0.4, 0.5) is 0 Å². The van der Waals surface area contributed by atoms with E-state index in [1.165, 1.54) is 0 Å². The molecule has 31 heavy (non-hydrogen) atoms. The summed E-state index contributed by atoms with van der Waals surface area (Å²) in [4.78, 5) is 24.6. The highest BCUT2D eigenvalue weighted by Crippen LogP contribution is 2.36. The molecule has 0 bridgehead atoms. The van der Waals surface area contributed by atoms with Crippen molar-refractivity contribution >= 4 is 24.4 Å². The van der Waals surface area contributed by atoms with Gasteiger partial charge < -0.3 is 20.4 Å². The van der Waals surface area contributed by atoms with Gasteiger partial charge in [-0.05, 0) is 64.7 Å². The van der Waals surface area contributed by atoms with Crippen LogP contribution in [0.15, 0.2) is 42.5 Å². The molecule has 2 amide bonds. The molecule has 0 spiro atoms. The zero-order valence-corrected chi connectivity index (χ0v) is 19.1. The van der Waals surface area contributed by atoms with E-state index in [0.29, 0.717) is 12.0 Å². The highest BCUT2D eigenvalue weighted by molar-refractivity contribution is 6.62. The van der Waals surface area contributed by atoms with Crippen LogP contribution in [0.5, 0.6) is 0 Å². The Hall–Kier alpha value is -2.64. The largest absolute Gasteiger partial charge is 0.494 e. The average Bonchev–Trinajstić information content (AvgIpc) is 2.88. The van der Waals surface area contributed by atoms with Gasteiger partial charge in [0.05, 0.1) is 11.2 Å². The highest BCUT2D eigenvalue weighted by atomic mass is 16.7. The topological polar surface area (TPSA) is 90.7 Å². The molecule has 1 saturated heterocycles. The summed E-state index contributed by atoms with van der Waals surface area (Å²) in [6, 6.07) is 12.4. The molecule has 0 aliphatic carbocycles. The highest BCUT2D eigenvalue weighted by Gasteiger charge is 2.51. The molecule has 1 heterocycles. The number of primary amides is 1. The first kappa shape index (κ1) is 23.0. The molecule has 0 radical (unpaired) electrons. The van der Waals surface area contributed by atoms with Gasteiger partial charge in [-0.3, -0.25) is 9.59 Å². The van der Waals surface area contributed by atoms with Gasteiger partial charge in [-0.15, -0.1) is 0 Å². The number of amides is 2. The Kier molecular flexibility index (Phi) is 6.30. The molecule has 3 N–H and O–H groups in total. The second-order valence-corrected chi connectivity index (χ2v) is 9.34. The quantitative estimate of drug-likeness (QED) is 0.700. The van der Waals surface area contributed by atoms with E-state index < -0.39 is 30.3 Å². The van der Waals surface area contributed by atoms with Gasteiger partial charge in [-0.2, -0.15) is 0 Å². The molecule has 164 valence electrons. The van der Waals surface area contributed by atoms with Crippen molar-refractivity contribution in [3.05, 3.63) is 64.7 Å². The molecule has 1 fully saturated rings. The molecule has 2 aromatic rings. The van der Waals surface area contributed by atoms with E-state index in [9.17, 15) is 9.59 Å². The fourth-order valence-corrected chi connectivity index (χ4v) is 3.60. The Balaban J connectivity index is 1.69. The van der Waals surface area contributed by atoms with E-state index >= 15 is 0 Å². The predicted octanol–water partition coefficient (Wildman–Crippen LogP) is 2.43. The summed E-state index contributed by atoms with van der Waals surface area (Å²) in [6.07, 6.45) is 0.301. The van der Waals surface area contributed by atoms with E-state index in [0.717, 1.165) is 22.2 Å². The van der Waals surface area contributed by atoms with Gasteiger partial charge >= 0.3 is 7.12 Å². The molecule has 1 aliphatic rings. The first-order valence-electron chi connectivity index (χ1n) is 10.5. The smallest absolute Gasteiger partial charge is 0.399 e. The normalized spacial score (nSPS) is 17.9. The molecule has 2 aromatic carbocycles. The van der Waals surface area contributed by atoms with Crippen molar-refractivity contribution in [1.82, 2.24) is 5.32 Å². The summed E-state index contributed by atoms with van der Waals surface area (Å²) in [5.74, 6) is -0.891. The summed E-state index contributed by atoms with van der Waals surface area (Å²) in [7, 11) is -0.449. The molecule has 0 aromatic heterocycles. The lowest BCUT2D eigenvalue weighted by atomic mass is 9.78. The minimum absolute atomic E-state index is 0.301. The molecular formula is C24H31BN2O4. The number of carbonyl (C=O) groups is 2. The van der Waals surface area contributed by atoms with E-state index in [-0.39, 0.29) is 5.91 Å². The summed E-state index contributed by atoms with van der Waals surface area (Å²) in [5, 5.41) is 2.76. The third kappa shape index (κ3) is 5.17. The molecule has 1 atom stereocenters. The molecule has 6 nitrogen and oxygen atoms in total. The summed E-state index contributed by atoms with van der Waals surface area (Å²) in [6.45, 7) is 11.9. The van der Waals surface area contributed by atoms with Gasteiger partial charge in [0, 0.05) is 12.0 Å². The second-order valence-electron chi connectivity index (χ2n) is 9.34. The van der Waals surface area contributed by atoms with Crippen molar-refractivity contribution in [2.45, 2.75) is 65.2 Å². The Morgan fingerprint density at radius 1 is 0.968 bits per heavy atom. The van der Waals surface area contributed by atoms with Crippen molar-refractivity contribution in [3.8, 4) is 0 Å². The van der Waals surface area contributed by atoms with Gasteiger partial charge in [-0.25, -0.2) is 0 Å². The maximum atomic E-state index is 12.7. The van der Waals surface area contributed by atoms with Crippen LogP contribution in [0.1, 0.15) is 54.7 Å². The molecule has 0 saturated carbocycles. The fourth-order valence-electron chi connectivity index (χ4n) is 3.60. The fraction of sp³-hybridized carbons (Fsp3) is 0.417. The lowest BCUT2D eigenvalue weighted by molar-refractivity contribution is -0.119. The monoisotopic (exact) mass is 422 g/mol. The first-order valence-corrected chi connectivity index (χ1v) is 10.5. The van der Waals surface area contributed by atoms with Crippen LogP contribution in [0, 0.1) is 13.8 Å². The average molecular weight is 422 g/mol. The van der Waals surface area contributed by atoms with Gasteiger partial charge in [-0.1, -0.05) is 41.5 Å². The van der Waals surface area contributed by atoms with Crippen LogP contribution in [-0.4, -0.2) is 36.2 Å². The standard InChI is InChI=1S/C24H31BN2O4/c1-15-11-16(2)13-18(12-15)22(29)27-20(21(26)28)14-17-7-9-19(10-8-17)25-30-23(3,4)24(5,6)31-25/h7-13,20H,14H2,1-6H3,(H2,26,28)(H,27,29)/t20-/m1/s1. The van der Waals surface area contributed by atoms with Gasteiger partial charge in [0.2, 0.25) is 5.91 Å². The van der Waals surface area contributed by atoms with Crippen molar-refractivity contribution in [2.24, 2.45) is 5.73 Å². The lowest BCUT2D eigenvalue weighted by Gasteiger charge is -2.32. The summed E-state index contributed by atoms with van der Waals surface area (Å²) < 4.78 is 12.2. The molecule has 3 rings (SSSR count). The Bertz CT molecular complexity index is 949. The summed E-state index contributed by atoms with van der Waals surface area (Å²) >= 11 is 0. The number of nitrogens with one attached hydrogen (secondary N) is 1. The summed E-state index contributed by atoms with van der Waals surface area (Å²) in [5.41, 5.74) is 9.01. The number of aryl methyl sites for hydroxylation is 2. The minimum atomic E-state index is -0.809. The molecule has 1 aliphatic heterocycles. The third-order valence-electron chi connectivity index (χ3n) is 6.08. The molecule has 7 heteroatoms. The maximum absolute atomic E-state index is 12.7. The van der Waals surface area contributed by atoms with Gasteiger partial charge in [0.25, 0.3) is 5.91 Å². The van der Waals surface area contributed by atoms with Crippen LogP contribution in [0.2, 0.25) is 0 Å². The zero-order chi connectivity index (χ0) is 23.0. The first-order chi connectivity index (χ1) is 14.4. The number of rotatable bonds is 6. The lowest BCUT2D eigenvalue weighted by Crippen LogP contribution is -2.46. The Labute approximate surface area is 184 Å². The Morgan fingerprint density at radius 3 is 1.97 bits per heavy atom. The van der Waals surface area contributed by atoms with E-state index in [2.05, 4.69) is 5.32 Å². The van der Waals surface area contributed by atoms with E-state index in [1.54, 1.807) is 12.1 Å². The number of nitrogens with two attached hydrogens (primary N) is 1. The number of benzene rings is 2. The third-order valence-corrected chi connectivity index (χ3v) is 6.08. The second kappa shape index (κ2) is 8.48. The van der Waals surface area contributed by atoms with Crippen LogP contribution in [0.3, 0.4) is 0 Å². The Morgan fingerprint density at radius 2 is 1.48 bits per heavy atom. The van der Waals surface area contributed by atoms with Crippen molar-refractivity contribution in [1.29, 1.82) is 0 Å². The van der Waals surface area contributed by atoms with Gasteiger partial charge in [0.15, 0.2) is 0 Å². The van der Waals surface area contributed by atoms with Crippen LogP contribution < -0.4 is 16.5 Å². The minimum Gasteiger partial charge on any atom is -0.399 e.